The van der Waals surface area contributed by atoms with Crippen LogP contribution >= 0.6 is 11.8 Å². The highest BCUT2D eigenvalue weighted by atomic mass is 32.2. The molecule has 1 aromatic rings. The van der Waals surface area contributed by atoms with Crippen LogP contribution in [0.2, 0.25) is 0 Å². The van der Waals surface area contributed by atoms with Crippen LogP contribution in [0.4, 0.5) is 0 Å². The van der Waals surface area contributed by atoms with Crippen LogP contribution in [0.1, 0.15) is 25.3 Å². The Kier molecular flexibility index (Phi) is 3.37. The molecule has 2 unspecified atom stereocenters. The zero-order chi connectivity index (χ0) is 10.7. The first-order chi connectivity index (χ1) is 7.18. The summed E-state index contributed by atoms with van der Waals surface area (Å²) in [5, 5.41) is 10.9. The summed E-state index contributed by atoms with van der Waals surface area (Å²) in [6.45, 7) is 2.20. The zero-order valence-electron chi connectivity index (χ0n) is 9.15. The fourth-order valence-electron chi connectivity index (χ4n) is 2.15. The Morgan fingerprint density at radius 3 is 2.73 bits per heavy atom. The van der Waals surface area contributed by atoms with E-state index < -0.39 is 5.60 Å². The van der Waals surface area contributed by atoms with Gasteiger partial charge in [-0.1, -0.05) is 37.3 Å². The quantitative estimate of drug-likeness (QED) is 0.848. The molecule has 2 heteroatoms. The van der Waals surface area contributed by atoms with Gasteiger partial charge in [0.1, 0.15) is 0 Å². The second kappa shape index (κ2) is 4.58. The monoisotopic (exact) mass is 222 g/mol. The largest absolute Gasteiger partial charge is 0.389 e. The molecule has 1 N–H and O–H groups in total. The van der Waals surface area contributed by atoms with Crippen LogP contribution in [0, 0.1) is 0 Å². The average Bonchev–Trinajstić information content (AvgIpc) is 2.58. The van der Waals surface area contributed by atoms with Gasteiger partial charge in [0.15, 0.2) is 0 Å². The Balaban J connectivity index is 1.88. The molecule has 1 heterocycles. The van der Waals surface area contributed by atoms with Crippen LogP contribution in [0.5, 0.6) is 0 Å². The molecule has 0 spiro atoms. The maximum atomic E-state index is 10.3. The predicted octanol–water partition coefficient (Wildman–Crippen LogP) is 2.88. The van der Waals surface area contributed by atoms with E-state index in [-0.39, 0.29) is 0 Å². The Bertz CT molecular complexity index is 312. The van der Waals surface area contributed by atoms with Crippen LogP contribution in [0.25, 0.3) is 0 Å². The first-order valence-corrected chi connectivity index (χ1v) is 6.61. The normalized spacial score (nSPS) is 30.7. The van der Waals surface area contributed by atoms with E-state index in [9.17, 15) is 5.11 Å². The molecular weight excluding hydrogens is 204 g/mol. The highest BCUT2D eigenvalue weighted by molar-refractivity contribution is 8.00. The van der Waals surface area contributed by atoms with Crippen molar-refractivity contribution in [3.05, 3.63) is 35.9 Å². The molecule has 82 valence electrons. The summed E-state index contributed by atoms with van der Waals surface area (Å²) in [4.78, 5) is 0. The molecular formula is C13H18OS. The first-order valence-electron chi connectivity index (χ1n) is 5.56. The molecule has 1 aliphatic rings. The minimum absolute atomic E-state index is 0.417. The van der Waals surface area contributed by atoms with Crippen molar-refractivity contribution in [1.82, 2.24) is 0 Å². The molecule has 0 amide bonds. The van der Waals surface area contributed by atoms with Crippen LogP contribution in [0.3, 0.4) is 0 Å². The van der Waals surface area contributed by atoms with Crippen molar-refractivity contribution in [2.24, 2.45) is 0 Å². The molecule has 1 aromatic carbocycles. The van der Waals surface area contributed by atoms with E-state index in [1.807, 2.05) is 17.8 Å². The molecule has 0 saturated carbocycles. The fourth-order valence-corrected chi connectivity index (χ4v) is 3.43. The summed E-state index contributed by atoms with van der Waals surface area (Å²) in [6.07, 6.45) is 2.84. The van der Waals surface area contributed by atoms with Crippen LogP contribution in [-0.2, 0) is 6.42 Å². The van der Waals surface area contributed by atoms with Gasteiger partial charge in [0.05, 0.1) is 5.60 Å². The molecule has 1 aliphatic heterocycles. The van der Waals surface area contributed by atoms with Crippen molar-refractivity contribution in [3.8, 4) is 0 Å². The lowest BCUT2D eigenvalue weighted by Crippen LogP contribution is -2.29. The SMILES string of the molecule is CC1CC(O)(CCc2ccccc2)CS1. The highest BCUT2D eigenvalue weighted by Gasteiger charge is 2.35. The van der Waals surface area contributed by atoms with Gasteiger partial charge >= 0.3 is 0 Å². The van der Waals surface area contributed by atoms with Gasteiger partial charge in [-0.25, -0.2) is 0 Å². The van der Waals surface area contributed by atoms with E-state index >= 15 is 0 Å². The molecule has 2 atom stereocenters. The lowest BCUT2D eigenvalue weighted by molar-refractivity contribution is 0.0550. The van der Waals surface area contributed by atoms with Crippen LogP contribution < -0.4 is 0 Å². The number of aryl methyl sites for hydroxylation is 1. The Morgan fingerprint density at radius 2 is 2.13 bits per heavy atom. The smallest absolute Gasteiger partial charge is 0.0751 e. The fraction of sp³-hybridized carbons (Fsp3) is 0.538. The third kappa shape index (κ3) is 2.99. The van der Waals surface area contributed by atoms with Crippen molar-refractivity contribution in [2.75, 3.05) is 5.75 Å². The summed E-state index contributed by atoms with van der Waals surface area (Å²) in [5.41, 5.74) is 0.912. The lowest BCUT2D eigenvalue weighted by atomic mass is 9.93. The van der Waals surface area contributed by atoms with Gasteiger partial charge in [-0.3, -0.25) is 0 Å². The van der Waals surface area contributed by atoms with Gasteiger partial charge in [0.25, 0.3) is 0 Å². The standard InChI is InChI=1S/C13H18OS/c1-11-9-13(14,10-15-11)8-7-12-5-3-2-4-6-12/h2-6,11,14H,7-10H2,1H3. The number of hydrogen-bond donors (Lipinski definition) is 1. The Hall–Kier alpha value is -0.470. The van der Waals surface area contributed by atoms with Gasteiger partial charge < -0.3 is 5.11 Å². The number of thioether (sulfide) groups is 1. The third-order valence-corrected chi connectivity index (χ3v) is 4.47. The summed E-state index contributed by atoms with van der Waals surface area (Å²) in [6, 6.07) is 10.4. The maximum absolute atomic E-state index is 10.3. The molecule has 1 nitrogen and oxygen atoms in total. The number of hydrogen-bond acceptors (Lipinski definition) is 2. The number of aliphatic hydroxyl groups is 1. The van der Waals surface area contributed by atoms with E-state index in [1.165, 1.54) is 5.56 Å². The number of rotatable bonds is 3. The van der Waals surface area contributed by atoms with Gasteiger partial charge in [-0.2, -0.15) is 11.8 Å². The maximum Gasteiger partial charge on any atom is 0.0751 e. The molecule has 0 aliphatic carbocycles. The minimum atomic E-state index is -0.417. The second-order valence-corrected chi connectivity index (χ2v) is 5.96. The second-order valence-electron chi connectivity index (χ2n) is 4.54. The van der Waals surface area contributed by atoms with Crippen molar-refractivity contribution >= 4 is 11.8 Å². The van der Waals surface area contributed by atoms with Gasteiger partial charge in [-0.15, -0.1) is 0 Å². The van der Waals surface area contributed by atoms with Gasteiger partial charge in [0, 0.05) is 11.0 Å². The summed E-state index contributed by atoms with van der Waals surface area (Å²) < 4.78 is 0. The van der Waals surface area contributed by atoms with Crippen molar-refractivity contribution < 1.29 is 5.11 Å². The third-order valence-electron chi connectivity index (χ3n) is 3.03. The Morgan fingerprint density at radius 1 is 1.40 bits per heavy atom. The first kappa shape index (κ1) is 11.0. The average molecular weight is 222 g/mol. The van der Waals surface area contributed by atoms with E-state index in [0.29, 0.717) is 5.25 Å². The lowest BCUT2D eigenvalue weighted by Gasteiger charge is -2.21. The molecule has 0 aromatic heterocycles. The van der Waals surface area contributed by atoms with Crippen molar-refractivity contribution in [2.45, 2.75) is 37.0 Å². The zero-order valence-corrected chi connectivity index (χ0v) is 9.96. The summed E-state index contributed by atoms with van der Waals surface area (Å²) in [7, 11) is 0. The summed E-state index contributed by atoms with van der Waals surface area (Å²) >= 11 is 1.89. The van der Waals surface area contributed by atoms with Gasteiger partial charge in [-0.05, 0) is 24.8 Å². The molecule has 1 fully saturated rings. The number of benzene rings is 1. The molecule has 2 rings (SSSR count). The van der Waals surface area contributed by atoms with E-state index in [4.69, 9.17) is 0 Å². The highest BCUT2D eigenvalue weighted by Crippen LogP contribution is 2.36. The Labute approximate surface area is 95.9 Å². The molecule has 0 radical (unpaired) electrons. The van der Waals surface area contributed by atoms with Crippen LogP contribution in [-0.4, -0.2) is 21.7 Å². The summed E-state index contributed by atoms with van der Waals surface area (Å²) in [5.74, 6) is 0.904. The van der Waals surface area contributed by atoms with E-state index in [2.05, 4.69) is 31.2 Å². The molecule has 0 bridgehead atoms. The van der Waals surface area contributed by atoms with Crippen molar-refractivity contribution in [1.29, 1.82) is 0 Å². The van der Waals surface area contributed by atoms with Gasteiger partial charge in [0.2, 0.25) is 0 Å². The van der Waals surface area contributed by atoms with E-state index in [0.717, 1.165) is 25.0 Å². The van der Waals surface area contributed by atoms with Crippen LogP contribution in [0.15, 0.2) is 30.3 Å². The van der Waals surface area contributed by atoms with Crippen molar-refractivity contribution in [3.63, 3.8) is 0 Å². The molecule has 1 saturated heterocycles. The minimum Gasteiger partial charge on any atom is -0.389 e. The predicted molar refractivity (Wildman–Crippen MR) is 66.2 cm³/mol. The van der Waals surface area contributed by atoms with E-state index in [1.54, 1.807) is 0 Å². The molecule has 15 heavy (non-hydrogen) atoms. The topological polar surface area (TPSA) is 20.2 Å².